The Labute approximate surface area is 73.3 Å². The molecular formula is AlO3Sm. The van der Waals surface area contributed by atoms with Gasteiger partial charge in [-0.15, -0.1) is 0 Å². The Hall–Kier alpha value is 1.75. The van der Waals surface area contributed by atoms with E-state index in [4.69, 9.17) is 0 Å². The second-order valence-corrected chi connectivity index (χ2v) is 0. The molecule has 0 bridgehead atoms. The average Bonchev–Trinajstić information content (AvgIpc) is 0. The van der Waals surface area contributed by atoms with Crippen LogP contribution < -0.4 is 0 Å². The van der Waals surface area contributed by atoms with Crippen molar-refractivity contribution >= 4 is 17.4 Å². The molecule has 0 amide bonds. The van der Waals surface area contributed by atoms with Gasteiger partial charge in [0, 0.05) is 0 Å². The Morgan fingerprint density at radius 2 is 0.600 bits per heavy atom. The maximum absolute atomic E-state index is 0. The number of rotatable bonds is 0. The molecule has 0 fully saturated rings. The minimum Gasteiger partial charge on any atom is -2.00 e. The van der Waals surface area contributed by atoms with Crippen LogP contribution in [0.2, 0.25) is 0 Å². The molecule has 0 saturated heterocycles. The van der Waals surface area contributed by atoms with Gasteiger partial charge in [-0.1, -0.05) is 0 Å². The van der Waals surface area contributed by atoms with E-state index in [0.717, 1.165) is 0 Å². The van der Waals surface area contributed by atoms with Gasteiger partial charge in [-0.25, -0.2) is 0 Å². The van der Waals surface area contributed by atoms with Crippen molar-refractivity contribution in [2.45, 2.75) is 0 Å². The van der Waals surface area contributed by atoms with Gasteiger partial charge in [0.1, 0.15) is 0 Å². The minimum atomic E-state index is 0. The molecule has 1 radical (unpaired) electrons. The van der Waals surface area contributed by atoms with Gasteiger partial charge in [-0.3, -0.25) is 0 Å². The third kappa shape index (κ3) is 26.4. The van der Waals surface area contributed by atoms with Crippen LogP contribution in [-0.4, -0.2) is 17.4 Å². The fourth-order valence-corrected chi connectivity index (χ4v) is 0. The third-order valence-electron chi connectivity index (χ3n) is 0. The van der Waals surface area contributed by atoms with Gasteiger partial charge in [0.05, 0.1) is 0 Å². The van der Waals surface area contributed by atoms with Crippen molar-refractivity contribution in [1.29, 1.82) is 0 Å². The summed E-state index contributed by atoms with van der Waals surface area (Å²) < 4.78 is 0. The first kappa shape index (κ1) is 72.9. The Balaban J connectivity index is 0. The largest absolute Gasteiger partial charge is 3.00 e. The van der Waals surface area contributed by atoms with Crippen LogP contribution in [0.4, 0.5) is 0 Å². The van der Waals surface area contributed by atoms with Crippen molar-refractivity contribution in [2.75, 3.05) is 0 Å². The van der Waals surface area contributed by atoms with Gasteiger partial charge >= 0.3 is 57.7 Å². The molecule has 0 saturated carbocycles. The van der Waals surface area contributed by atoms with E-state index in [2.05, 4.69) is 0 Å². The summed E-state index contributed by atoms with van der Waals surface area (Å²) in [4.78, 5) is 0. The van der Waals surface area contributed by atoms with E-state index in [0.29, 0.717) is 0 Å². The molecule has 0 aromatic carbocycles. The molecule has 0 unspecified atom stereocenters. The predicted octanol–water partition coefficient (Wildman–Crippen LogP) is -0.737. The smallest absolute Gasteiger partial charge is 2.00 e. The van der Waals surface area contributed by atoms with Gasteiger partial charge in [0.15, 0.2) is 0 Å². The van der Waals surface area contributed by atoms with E-state index in [1.165, 1.54) is 0 Å². The summed E-state index contributed by atoms with van der Waals surface area (Å²) >= 11 is 0. The van der Waals surface area contributed by atoms with E-state index in [9.17, 15) is 0 Å². The van der Waals surface area contributed by atoms with Gasteiger partial charge in [-0.05, 0) is 0 Å². The Morgan fingerprint density at radius 3 is 0.600 bits per heavy atom. The van der Waals surface area contributed by atoms with E-state index in [1.807, 2.05) is 0 Å². The first-order valence-corrected chi connectivity index (χ1v) is 0. The molecule has 0 aromatic rings. The second kappa shape index (κ2) is 42.4. The SMILES string of the molecule is [Al+3].[O-2].[O-2].[O-2].[Sm+3]. The third-order valence-corrected chi connectivity index (χ3v) is 0. The van der Waals surface area contributed by atoms with Crippen LogP contribution in [0.1, 0.15) is 0 Å². The number of hydrogen-bond donors (Lipinski definition) is 0. The van der Waals surface area contributed by atoms with Crippen molar-refractivity contribution in [1.82, 2.24) is 0 Å². The van der Waals surface area contributed by atoms with Crippen molar-refractivity contribution < 1.29 is 56.8 Å². The van der Waals surface area contributed by atoms with Gasteiger partial charge in [0.25, 0.3) is 0 Å². The first-order chi connectivity index (χ1) is 0. The first-order valence-electron chi connectivity index (χ1n) is 0. The molecule has 0 N–H and O–H groups in total. The summed E-state index contributed by atoms with van der Waals surface area (Å²) in [5.74, 6) is 0. The number of hydrogen-bond acceptors (Lipinski definition) is 0. The fourth-order valence-electron chi connectivity index (χ4n) is 0. The van der Waals surface area contributed by atoms with Crippen molar-refractivity contribution in [2.24, 2.45) is 0 Å². The summed E-state index contributed by atoms with van der Waals surface area (Å²) in [6, 6.07) is 0. The Morgan fingerprint density at radius 1 is 0.600 bits per heavy atom. The second-order valence-electron chi connectivity index (χ2n) is 0. The summed E-state index contributed by atoms with van der Waals surface area (Å²) in [5, 5.41) is 0. The molecule has 0 atom stereocenters. The van der Waals surface area contributed by atoms with Crippen LogP contribution in [0.25, 0.3) is 0 Å². The quantitative estimate of drug-likeness (QED) is 0.486. The maximum atomic E-state index is 0. The zero-order chi connectivity index (χ0) is 0. The molecule has 5 heavy (non-hydrogen) atoms. The van der Waals surface area contributed by atoms with Gasteiger partial charge in [-0.2, -0.15) is 0 Å². The van der Waals surface area contributed by atoms with Crippen molar-refractivity contribution in [3.05, 3.63) is 0 Å². The summed E-state index contributed by atoms with van der Waals surface area (Å²) in [6.07, 6.45) is 0. The Bertz CT molecular complexity index is 6.85. The molecule has 0 aliphatic rings. The van der Waals surface area contributed by atoms with E-state index in [1.54, 1.807) is 0 Å². The molecule has 0 spiro atoms. The van der Waals surface area contributed by atoms with Gasteiger partial charge < -0.3 is 16.4 Å². The van der Waals surface area contributed by atoms with E-state index < -0.39 is 0 Å². The molecule has 3 nitrogen and oxygen atoms in total. The molecule has 0 rings (SSSR count). The van der Waals surface area contributed by atoms with Gasteiger partial charge in [0.2, 0.25) is 0 Å². The van der Waals surface area contributed by atoms with E-state index >= 15 is 0 Å². The average molecular weight is 225 g/mol. The molecule has 27 valence electrons. The van der Waals surface area contributed by atoms with Crippen LogP contribution in [0.5, 0.6) is 0 Å². The molecule has 0 aliphatic heterocycles. The summed E-state index contributed by atoms with van der Waals surface area (Å²) in [5.41, 5.74) is 0. The van der Waals surface area contributed by atoms with Crippen molar-refractivity contribution in [3.63, 3.8) is 0 Å². The van der Waals surface area contributed by atoms with Crippen LogP contribution in [0, 0.1) is 40.4 Å². The van der Waals surface area contributed by atoms with Crippen LogP contribution in [-0.2, 0) is 16.4 Å². The molecule has 0 aliphatic carbocycles. The monoisotopic (exact) mass is 227 g/mol. The van der Waals surface area contributed by atoms with Crippen LogP contribution in [0.15, 0.2) is 0 Å². The zero-order valence-corrected chi connectivity index (χ0v) is 5.98. The Kier molecular flexibility index (Phi) is 617. The van der Waals surface area contributed by atoms with Crippen molar-refractivity contribution in [3.8, 4) is 0 Å². The zero-order valence-electron chi connectivity index (χ0n) is 2.21. The molecule has 0 aromatic heterocycles. The summed E-state index contributed by atoms with van der Waals surface area (Å²) in [6.45, 7) is 0. The van der Waals surface area contributed by atoms with Crippen LogP contribution >= 0.6 is 0 Å². The maximum Gasteiger partial charge on any atom is 3.00 e. The standard InChI is InChI=1S/Al.3O.Sm/q+3;3*-2;+3. The van der Waals surface area contributed by atoms with Crippen LogP contribution in [0.3, 0.4) is 0 Å². The minimum absolute atomic E-state index is 0. The normalized spacial score (nSPS) is 0. The van der Waals surface area contributed by atoms with E-state index in [-0.39, 0.29) is 74.2 Å². The molecule has 0 heterocycles. The predicted molar refractivity (Wildman–Crippen MR) is 7.81 cm³/mol. The fraction of sp³-hybridized carbons (Fsp3) is 0. The summed E-state index contributed by atoms with van der Waals surface area (Å²) in [7, 11) is 0. The molecule has 5 heteroatoms. The molecular weight excluding hydrogens is 225 g/mol. The topological polar surface area (TPSA) is 85.5 Å².